The van der Waals surface area contributed by atoms with Gasteiger partial charge in [-0.15, -0.1) is 0 Å². The first-order valence-corrected chi connectivity index (χ1v) is 7.83. The first-order valence-electron chi connectivity index (χ1n) is 7.83. The monoisotopic (exact) mass is 289 g/mol. The van der Waals surface area contributed by atoms with Gasteiger partial charge in [0.25, 0.3) is 0 Å². The second-order valence-corrected chi connectivity index (χ2v) is 6.07. The number of carbonyl (C=O) groups is 1. The molecule has 1 aromatic carbocycles. The third-order valence-electron chi connectivity index (χ3n) is 4.45. The van der Waals surface area contributed by atoms with E-state index in [2.05, 4.69) is 28.5 Å². The van der Waals surface area contributed by atoms with Crippen LogP contribution in [0, 0.1) is 19.8 Å². The summed E-state index contributed by atoms with van der Waals surface area (Å²) in [5.74, 6) is 0.851. The standard InChI is InChI=1S/C17H27N3O/c1-13-5-4-6-16(14(13)2)19-17(21)12-20-9-7-15(8-10-20)11-18-3/h4-6,15,18H,7-12H2,1-3H3,(H,19,21). The van der Waals surface area contributed by atoms with Crippen LogP contribution in [0.2, 0.25) is 0 Å². The fourth-order valence-corrected chi connectivity index (χ4v) is 2.92. The second kappa shape index (κ2) is 7.57. The molecule has 0 spiro atoms. The number of piperidine rings is 1. The number of anilines is 1. The minimum absolute atomic E-state index is 0.0933. The molecule has 1 fully saturated rings. The normalized spacial score (nSPS) is 16.9. The molecule has 0 aliphatic carbocycles. The summed E-state index contributed by atoms with van der Waals surface area (Å²) in [6.45, 7) is 7.74. The molecule has 4 heteroatoms. The van der Waals surface area contributed by atoms with Gasteiger partial charge < -0.3 is 10.6 Å². The van der Waals surface area contributed by atoms with Crippen LogP contribution >= 0.6 is 0 Å². The average Bonchev–Trinajstić information content (AvgIpc) is 2.46. The van der Waals surface area contributed by atoms with E-state index < -0.39 is 0 Å². The lowest BCUT2D eigenvalue weighted by Crippen LogP contribution is -2.40. The molecule has 4 nitrogen and oxygen atoms in total. The van der Waals surface area contributed by atoms with Crippen LogP contribution in [0.15, 0.2) is 18.2 Å². The summed E-state index contributed by atoms with van der Waals surface area (Å²) < 4.78 is 0. The summed E-state index contributed by atoms with van der Waals surface area (Å²) >= 11 is 0. The van der Waals surface area contributed by atoms with Crippen LogP contribution < -0.4 is 10.6 Å². The van der Waals surface area contributed by atoms with E-state index in [9.17, 15) is 4.79 Å². The van der Waals surface area contributed by atoms with Gasteiger partial charge in [-0.3, -0.25) is 9.69 Å². The number of rotatable bonds is 5. The van der Waals surface area contributed by atoms with Crippen LogP contribution in [0.25, 0.3) is 0 Å². The third kappa shape index (κ3) is 4.55. The zero-order valence-electron chi connectivity index (χ0n) is 13.4. The second-order valence-electron chi connectivity index (χ2n) is 6.07. The van der Waals surface area contributed by atoms with Gasteiger partial charge in [0.15, 0.2) is 0 Å². The fraction of sp³-hybridized carbons (Fsp3) is 0.588. The van der Waals surface area contributed by atoms with E-state index in [0.717, 1.165) is 36.8 Å². The highest BCUT2D eigenvalue weighted by Crippen LogP contribution is 2.19. The van der Waals surface area contributed by atoms with Crippen molar-refractivity contribution in [3.63, 3.8) is 0 Å². The maximum atomic E-state index is 12.2. The van der Waals surface area contributed by atoms with Gasteiger partial charge >= 0.3 is 0 Å². The molecule has 0 aromatic heterocycles. The summed E-state index contributed by atoms with van der Waals surface area (Å²) in [5.41, 5.74) is 3.30. The Labute approximate surface area is 127 Å². The highest BCUT2D eigenvalue weighted by molar-refractivity contribution is 5.93. The number of likely N-dealkylation sites (tertiary alicyclic amines) is 1. The van der Waals surface area contributed by atoms with Crippen LogP contribution in [0.4, 0.5) is 5.69 Å². The van der Waals surface area contributed by atoms with Crippen LogP contribution in [0.1, 0.15) is 24.0 Å². The highest BCUT2D eigenvalue weighted by atomic mass is 16.2. The summed E-state index contributed by atoms with van der Waals surface area (Å²) in [4.78, 5) is 14.4. The van der Waals surface area contributed by atoms with Crippen molar-refractivity contribution in [2.75, 3.05) is 38.5 Å². The Morgan fingerprint density at radius 1 is 1.29 bits per heavy atom. The molecule has 1 aromatic rings. The number of benzene rings is 1. The van der Waals surface area contributed by atoms with E-state index in [0.29, 0.717) is 6.54 Å². The smallest absolute Gasteiger partial charge is 0.238 e. The lowest BCUT2D eigenvalue weighted by Gasteiger charge is -2.31. The molecule has 1 amide bonds. The molecule has 0 bridgehead atoms. The summed E-state index contributed by atoms with van der Waals surface area (Å²) in [6.07, 6.45) is 2.36. The van der Waals surface area contributed by atoms with E-state index in [1.54, 1.807) is 0 Å². The maximum Gasteiger partial charge on any atom is 0.238 e. The summed E-state index contributed by atoms with van der Waals surface area (Å²) in [6, 6.07) is 6.03. The zero-order chi connectivity index (χ0) is 15.2. The van der Waals surface area contributed by atoms with E-state index in [-0.39, 0.29) is 5.91 Å². The number of hydrogen-bond acceptors (Lipinski definition) is 3. The molecule has 0 atom stereocenters. The Hall–Kier alpha value is -1.39. The molecule has 0 radical (unpaired) electrons. The van der Waals surface area contributed by atoms with E-state index in [1.165, 1.54) is 18.4 Å². The molecule has 0 unspecified atom stereocenters. The number of hydrogen-bond donors (Lipinski definition) is 2. The van der Waals surface area contributed by atoms with Crippen molar-refractivity contribution in [1.29, 1.82) is 0 Å². The van der Waals surface area contributed by atoms with Gasteiger partial charge in [-0.05, 0) is 76.5 Å². The van der Waals surface area contributed by atoms with Gasteiger partial charge in [0.05, 0.1) is 6.54 Å². The van der Waals surface area contributed by atoms with Crippen LogP contribution in [-0.4, -0.2) is 44.0 Å². The van der Waals surface area contributed by atoms with Crippen molar-refractivity contribution in [3.05, 3.63) is 29.3 Å². The largest absolute Gasteiger partial charge is 0.325 e. The molecule has 0 saturated carbocycles. The first-order chi connectivity index (χ1) is 10.1. The minimum atomic E-state index is 0.0933. The van der Waals surface area contributed by atoms with Gasteiger partial charge in [0, 0.05) is 5.69 Å². The number of amides is 1. The van der Waals surface area contributed by atoms with Crippen LogP contribution in [0.3, 0.4) is 0 Å². The van der Waals surface area contributed by atoms with Gasteiger partial charge in [0.1, 0.15) is 0 Å². The van der Waals surface area contributed by atoms with Gasteiger partial charge in [-0.25, -0.2) is 0 Å². The summed E-state index contributed by atoms with van der Waals surface area (Å²) in [5, 5.41) is 6.28. The predicted octanol–water partition coefficient (Wildman–Crippen LogP) is 2.17. The van der Waals surface area contributed by atoms with Crippen molar-refractivity contribution in [1.82, 2.24) is 10.2 Å². The lowest BCUT2D eigenvalue weighted by atomic mass is 9.97. The highest BCUT2D eigenvalue weighted by Gasteiger charge is 2.20. The van der Waals surface area contributed by atoms with E-state index in [4.69, 9.17) is 0 Å². The molecule has 2 N–H and O–H groups in total. The number of aryl methyl sites for hydroxylation is 1. The molecule has 1 saturated heterocycles. The molecule has 1 aliphatic rings. The number of nitrogens with zero attached hydrogens (tertiary/aromatic N) is 1. The molecular formula is C17H27N3O. The quantitative estimate of drug-likeness (QED) is 0.873. The number of carbonyl (C=O) groups excluding carboxylic acids is 1. The molecule has 1 heterocycles. The van der Waals surface area contributed by atoms with Crippen molar-refractivity contribution in [2.24, 2.45) is 5.92 Å². The van der Waals surface area contributed by atoms with Crippen molar-refractivity contribution in [2.45, 2.75) is 26.7 Å². The minimum Gasteiger partial charge on any atom is -0.325 e. The SMILES string of the molecule is CNCC1CCN(CC(=O)Nc2cccc(C)c2C)CC1. The van der Waals surface area contributed by atoms with Gasteiger partial charge in [-0.1, -0.05) is 12.1 Å². The van der Waals surface area contributed by atoms with Crippen molar-refractivity contribution < 1.29 is 4.79 Å². The zero-order valence-corrected chi connectivity index (χ0v) is 13.4. The lowest BCUT2D eigenvalue weighted by molar-refractivity contribution is -0.117. The Kier molecular flexibility index (Phi) is 5.76. The number of nitrogens with one attached hydrogen (secondary N) is 2. The van der Waals surface area contributed by atoms with Gasteiger partial charge in [0.2, 0.25) is 5.91 Å². The molecule has 2 rings (SSSR count). The predicted molar refractivity (Wildman–Crippen MR) is 87.6 cm³/mol. The molecular weight excluding hydrogens is 262 g/mol. The molecule has 21 heavy (non-hydrogen) atoms. The topological polar surface area (TPSA) is 44.4 Å². The van der Waals surface area contributed by atoms with E-state index in [1.807, 2.05) is 26.1 Å². The average molecular weight is 289 g/mol. The Morgan fingerprint density at radius 2 is 2.00 bits per heavy atom. The van der Waals surface area contributed by atoms with Crippen molar-refractivity contribution >= 4 is 11.6 Å². The Morgan fingerprint density at radius 3 is 2.67 bits per heavy atom. The van der Waals surface area contributed by atoms with Gasteiger partial charge in [-0.2, -0.15) is 0 Å². The third-order valence-corrected chi connectivity index (χ3v) is 4.45. The summed E-state index contributed by atoms with van der Waals surface area (Å²) in [7, 11) is 2.00. The maximum absolute atomic E-state index is 12.2. The first kappa shape index (κ1) is 16.0. The van der Waals surface area contributed by atoms with Crippen molar-refractivity contribution in [3.8, 4) is 0 Å². The van der Waals surface area contributed by atoms with Crippen LogP contribution in [-0.2, 0) is 4.79 Å². The molecule has 1 aliphatic heterocycles. The Bertz CT molecular complexity index is 479. The molecule has 116 valence electrons. The Balaban J connectivity index is 1.81. The van der Waals surface area contributed by atoms with Crippen LogP contribution in [0.5, 0.6) is 0 Å². The van der Waals surface area contributed by atoms with E-state index >= 15 is 0 Å². The fourth-order valence-electron chi connectivity index (χ4n) is 2.92.